The standard InChI is InChI=1S/C16H26N2O/c1-4-15(12(2)3)18-16(19)14(17)11-10-13-8-6-5-7-9-13/h5-9,12,14-15H,4,10-11,17H2,1-3H3,(H,18,19)/t14-,15?/m0/s1. The number of carbonyl (C=O) groups is 1. The highest BCUT2D eigenvalue weighted by Crippen LogP contribution is 2.07. The molecule has 0 radical (unpaired) electrons. The van der Waals surface area contributed by atoms with Crippen LogP contribution in [0.2, 0.25) is 0 Å². The van der Waals surface area contributed by atoms with Crippen LogP contribution < -0.4 is 11.1 Å². The Morgan fingerprint density at radius 1 is 1.26 bits per heavy atom. The van der Waals surface area contributed by atoms with Gasteiger partial charge in [-0.3, -0.25) is 4.79 Å². The van der Waals surface area contributed by atoms with Crippen molar-refractivity contribution in [3.05, 3.63) is 35.9 Å². The molecule has 0 fully saturated rings. The van der Waals surface area contributed by atoms with Crippen LogP contribution in [0.3, 0.4) is 0 Å². The van der Waals surface area contributed by atoms with E-state index in [9.17, 15) is 4.79 Å². The zero-order valence-electron chi connectivity index (χ0n) is 12.2. The van der Waals surface area contributed by atoms with E-state index in [4.69, 9.17) is 5.73 Å². The number of amides is 1. The molecule has 3 heteroatoms. The molecule has 1 unspecified atom stereocenters. The third-order valence-corrected chi connectivity index (χ3v) is 3.50. The van der Waals surface area contributed by atoms with Gasteiger partial charge in [0.1, 0.15) is 0 Å². The van der Waals surface area contributed by atoms with Crippen molar-refractivity contribution < 1.29 is 4.79 Å². The molecule has 0 aliphatic rings. The average Bonchev–Trinajstić information content (AvgIpc) is 2.42. The zero-order chi connectivity index (χ0) is 14.3. The van der Waals surface area contributed by atoms with E-state index in [1.54, 1.807) is 0 Å². The highest BCUT2D eigenvalue weighted by molar-refractivity contribution is 5.81. The van der Waals surface area contributed by atoms with Crippen LogP contribution in [0.15, 0.2) is 30.3 Å². The number of hydrogen-bond acceptors (Lipinski definition) is 2. The normalized spacial score (nSPS) is 14.2. The van der Waals surface area contributed by atoms with Gasteiger partial charge in [-0.05, 0) is 30.7 Å². The Bertz CT molecular complexity index is 376. The average molecular weight is 262 g/mol. The van der Waals surface area contributed by atoms with Gasteiger partial charge in [-0.2, -0.15) is 0 Å². The Balaban J connectivity index is 2.40. The summed E-state index contributed by atoms with van der Waals surface area (Å²) in [5.74, 6) is 0.409. The maximum atomic E-state index is 12.0. The number of nitrogens with one attached hydrogen (secondary N) is 1. The van der Waals surface area contributed by atoms with Crippen LogP contribution in [0, 0.1) is 5.92 Å². The van der Waals surface area contributed by atoms with Crippen molar-refractivity contribution >= 4 is 5.91 Å². The third-order valence-electron chi connectivity index (χ3n) is 3.50. The van der Waals surface area contributed by atoms with Gasteiger partial charge in [0.2, 0.25) is 5.91 Å². The first-order chi connectivity index (χ1) is 9.04. The van der Waals surface area contributed by atoms with Crippen molar-refractivity contribution in [1.29, 1.82) is 0 Å². The second-order valence-corrected chi connectivity index (χ2v) is 5.40. The molecule has 0 aliphatic heterocycles. The van der Waals surface area contributed by atoms with Crippen molar-refractivity contribution in [2.24, 2.45) is 11.7 Å². The molecule has 0 bridgehead atoms. The molecule has 3 N–H and O–H groups in total. The van der Waals surface area contributed by atoms with Gasteiger partial charge in [0.25, 0.3) is 0 Å². The Labute approximate surface area is 116 Å². The molecular formula is C16H26N2O. The largest absolute Gasteiger partial charge is 0.352 e. The SMILES string of the molecule is CCC(NC(=O)[C@@H](N)CCc1ccccc1)C(C)C. The van der Waals surface area contributed by atoms with E-state index in [2.05, 4.69) is 38.2 Å². The Morgan fingerprint density at radius 3 is 2.42 bits per heavy atom. The predicted octanol–water partition coefficient (Wildman–Crippen LogP) is 2.50. The topological polar surface area (TPSA) is 55.1 Å². The molecule has 106 valence electrons. The fourth-order valence-electron chi connectivity index (χ4n) is 2.13. The second-order valence-electron chi connectivity index (χ2n) is 5.40. The molecule has 0 heterocycles. The molecular weight excluding hydrogens is 236 g/mol. The molecule has 1 rings (SSSR count). The maximum Gasteiger partial charge on any atom is 0.237 e. The first-order valence-electron chi connectivity index (χ1n) is 7.14. The van der Waals surface area contributed by atoms with E-state index in [0.29, 0.717) is 12.3 Å². The maximum absolute atomic E-state index is 12.0. The van der Waals surface area contributed by atoms with Crippen molar-refractivity contribution in [2.45, 2.75) is 52.1 Å². The Hall–Kier alpha value is -1.35. The quantitative estimate of drug-likeness (QED) is 0.793. The summed E-state index contributed by atoms with van der Waals surface area (Å²) in [4.78, 5) is 12.0. The van der Waals surface area contributed by atoms with Crippen LogP contribution in [0.5, 0.6) is 0 Å². The summed E-state index contributed by atoms with van der Waals surface area (Å²) in [5, 5.41) is 3.04. The van der Waals surface area contributed by atoms with E-state index in [1.807, 2.05) is 18.2 Å². The van der Waals surface area contributed by atoms with Crippen LogP contribution in [0.1, 0.15) is 39.2 Å². The lowest BCUT2D eigenvalue weighted by molar-refractivity contribution is -0.123. The van der Waals surface area contributed by atoms with Crippen LogP contribution in [-0.2, 0) is 11.2 Å². The van der Waals surface area contributed by atoms with Gasteiger partial charge >= 0.3 is 0 Å². The number of hydrogen-bond donors (Lipinski definition) is 2. The molecule has 19 heavy (non-hydrogen) atoms. The fourth-order valence-corrected chi connectivity index (χ4v) is 2.13. The van der Waals surface area contributed by atoms with E-state index in [0.717, 1.165) is 12.8 Å². The molecule has 0 saturated heterocycles. The van der Waals surface area contributed by atoms with E-state index in [1.165, 1.54) is 5.56 Å². The van der Waals surface area contributed by atoms with Crippen LogP contribution in [-0.4, -0.2) is 18.0 Å². The van der Waals surface area contributed by atoms with Gasteiger partial charge in [-0.15, -0.1) is 0 Å². The molecule has 0 aromatic heterocycles. The third kappa shape index (κ3) is 5.43. The van der Waals surface area contributed by atoms with Crippen LogP contribution in [0.25, 0.3) is 0 Å². The van der Waals surface area contributed by atoms with Gasteiger partial charge in [0.05, 0.1) is 6.04 Å². The molecule has 2 atom stereocenters. The number of carbonyl (C=O) groups excluding carboxylic acids is 1. The molecule has 1 aromatic carbocycles. The lowest BCUT2D eigenvalue weighted by atomic mass is 10.0. The molecule has 1 aromatic rings. The van der Waals surface area contributed by atoms with Crippen molar-refractivity contribution in [2.75, 3.05) is 0 Å². The first kappa shape index (κ1) is 15.7. The smallest absolute Gasteiger partial charge is 0.237 e. The number of benzene rings is 1. The minimum absolute atomic E-state index is 0.0310. The first-order valence-corrected chi connectivity index (χ1v) is 7.14. The molecule has 0 aliphatic carbocycles. The van der Waals surface area contributed by atoms with Gasteiger partial charge in [-0.1, -0.05) is 51.1 Å². The van der Waals surface area contributed by atoms with Crippen molar-refractivity contribution in [3.63, 3.8) is 0 Å². The van der Waals surface area contributed by atoms with E-state index in [-0.39, 0.29) is 11.9 Å². The lowest BCUT2D eigenvalue weighted by Gasteiger charge is -2.22. The Morgan fingerprint density at radius 2 is 1.89 bits per heavy atom. The predicted molar refractivity (Wildman–Crippen MR) is 79.8 cm³/mol. The zero-order valence-corrected chi connectivity index (χ0v) is 12.2. The summed E-state index contributed by atoms with van der Waals surface area (Å²) in [5.41, 5.74) is 7.18. The summed E-state index contributed by atoms with van der Waals surface area (Å²) in [6.45, 7) is 6.31. The minimum Gasteiger partial charge on any atom is -0.352 e. The second kappa shape index (κ2) is 7.95. The number of aryl methyl sites for hydroxylation is 1. The number of nitrogens with two attached hydrogens (primary N) is 1. The molecule has 0 spiro atoms. The van der Waals surface area contributed by atoms with E-state index < -0.39 is 6.04 Å². The monoisotopic (exact) mass is 262 g/mol. The van der Waals surface area contributed by atoms with Gasteiger partial charge in [-0.25, -0.2) is 0 Å². The molecule has 3 nitrogen and oxygen atoms in total. The van der Waals surface area contributed by atoms with E-state index >= 15 is 0 Å². The van der Waals surface area contributed by atoms with Crippen LogP contribution in [0.4, 0.5) is 0 Å². The van der Waals surface area contributed by atoms with Crippen molar-refractivity contribution in [1.82, 2.24) is 5.32 Å². The minimum atomic E-state index is -0.423. The number of rotatable bonds is 7. The summed E-state index contributed by atoms with van der Waals surface area (Å²) in [6, 6.07) is 9.93. The Kier molecular flexibility index (Phi) is 6.57. The highest BCUT2D eigenvalue weighted by Gasteiger charge is 2.18. The van der Waals surface area contributed by atoms with Crippen LogP contribution >= 0.6 is 0 Å². The fraction of sp³-hybridized carbons (Fsp3) is 0.562. The summed E-state index contributed by atoms with van der Waals surface area (Å²) in [7, 11) is 0. The summed E-state index contributed by atoms with van der Waals surface area (Å²) < 4.78 is 0. The van der Waals surface area contributed by atoms with Gasteiger partial charge < -0.3 is 11.1 Å². The van der Waals surface area contributed by atoms with Gasteiger partial charge in [0.15, 0.2) is 0 Å². The van der Waals surface area contributed by atoms with Gasteiger partial charge in [0, 0.05) is 6.04 Å². The molecule has 1 amide bonds. The lowest BCUT2D eigenvalue weighted by Crippen LogP contribution is -2.47. The summed E-state index contributed by atoms with van der Waals surface area (Å²) in [6.07, 6.45) is 2.47. The summed E-state index contributed by atoms with van der Waals surface area (Å²) >= 11 is 0. The molecule has 0 saturated carbocycles. The van der Waals surface area contributed by atoms with Crippen molar-refractivity contribution in [3.8, 4) is 0 Å². The highest BCUT2D eigenvalue weighted by atomic mass is 16.2.